The number of nitrogens with zero attached hydrogens (tertiary/aromatic N) is 1. The summed E-state index contributed by atoms with van der Waals surface area (Å²) in [5, 5.41) is 2.97. The van der Waals surface area contributed by atoms with Gasteiger partial charge in [0.2, 0.25) is 0 Å². The van der Waals surface area contributed by atoms with Crippen LogP contribution in [0, 0.1) is 0 Å². The number of nitrogens with one attached hydrogen (secondary N) is 1. The molecule has 2 aromatic rings. The number of methoxy groups -OCH3 is 1. The van der Waals surface area contributed by atoms with Gasteiger partial charge in [-0.15, -0.1) is 0 Å². The zero-order valence-electron chi connectivity index (χ0n) is 18.2. The number of pyridine rings is 1. The molecule has 1 atom stereocenters. The van der Waals surface area contributed by atoms with E-state index in [9.17, 15) is 4.79 Å². The number of amides is 1. The lowest BCUT2D eigenvalue weighted by Gasteiger charge is -2.23. The van der Waals surface area contributed by atoms with Gasteiger partial charge in [0.15, 0.2) is 5.76 Å². The highest BCUT2D eigenvalue weighted by Crippen LogP contribution is 2.28. The molecule has 1 aromatic heterocycles. The highest BCUT2D eigenvalue weighted by atomic mass is 16.5. The predicted octanol–water partition coefficient (Wildman–Crippen LogP) is 5.27. The van der Waals surface area contributed by atoms with Crippen molar-refractivity contribution in [2.24, 2.45) is 0 Å². The molecular formula is C26H26N2O4. The van der Waals surface area contributed by atoms with Gasteiger partial charge in [-0.1, -0.05) is 29.9 Å². The van der Waals surface area contributed by atoms with Crippen molar-refractivity contribution >= 4 is 5.91 Å². The van der Waals surface area contributed by atoms with Crippen molar-refractivity contribution in [3.63, 3.8) is 0 Å². The molecule has 6 heteroatoms. The third-order valence-corrected chi connectivity index (χ3v) is 5.37. The minimum Gasteiger partial charge on any atom is -0.496 e. The quantitative estimate of drug-likeness (QED) is 0.648. The average molecular weight is 431 g/mol. The molecule has 1 amide bonds. The van der Waals surface area contributed by atoms with E-state index in [0.29, 0.717) is 23.5 Å². The Morgan fingerprint density at radius 3 is 2.78 bits per heavy atom. The highest BCUT2D eigenvalue weighted by molar-refractivity contribution is 5.98. The monoisotopic (exact) mass is 430 g/mol. The predicted molar refractivity (Wildman–Crippen MR) is 123 cm³/mol. The number of benzene rings is 1. The lowest BCUT2D eigenvalue weighted by Crippen LogP contribution is -2.35. The van der Waals surface area contributed by atoms with Gasteiger partial charge in [-0.25, -0.2) is 0 Å². The van der Waals surface area contributed by atoms with E-state index in [2.05, 4.69) is 28.5 Å². The molecule has 2 aliphatic rings. The first-order chi connectivity index (χ1) is 15.6. The molecule has 1 aliphatic carbocycles. The first kappa shape index (κ1) is 21.4. The zero-order valence-corrected chi connectivity index (χ0v) is 18.2. The third-order valence-electron chi connectivity index (χ3n) is 5.37. The number of rotatable bonds is 7. The van der Waals surface area contributed by atoms with Gasteiger partial charge in [0.25, 0.3) is 5.91 Å². The Hall–Kier alpha value is -3.80. The van der Waals surface area contributed by atoms with E-state index < -0.39 is 0 Å². The lowest BCUT2D eigenvalue weighted by atomic mass is 10.0. The van der Waals surface area contributed by atoms with E-state index in [4.69, 9.17) is 14.2 Å². The molecule has 1 N–H and O–H groups in total. The van der Waals surface area contributed by atoms with Crippen molar-refractivity contribution in [2.75, 3.05) is 7.11 Å². The molecular weight excluding hydrogens is 404 g/mol. The van der Waals surface area contributed by atoms with Crippen molar-refractivity contribution in [2.45, 2.75) is 32.2 Å². The summed E-state index contributed by atoms with van der Waals surface area (Å²) in [7, 11) is 1.55. The highest BCUT2D eigenvalue weighted by Gasteiger charge is 2.22. The van der Waals surface area contributed by atoms with Crippen LogP contribution >= 0.6 is 0 Å². The largest absolute Gasteiger partial charge is 0.496 e. The van der Waals surface area contributed by atoms with Gasteiger partial charge < -0.3 is 19.5 Å². The van der Waals surface area contributed by atoms with Gasteiger partial charge >= 0.3 is 0 Å². The summed E-state index contributed by atoms with van der Waals surface area (Å²) in [5.74, 6) is 1.52. The van der Waals surface area contributed by atoms with Crippen LogP contribution in [0.15, 0.2) is 90.6 Å². The number of hydrogen-bond acceptors (Lipinski definition) is 5. The normalized spacial score (nSPS) is 16.0. The zero-order chi connectivity index (χ0) is 22.3. The Bertz CT molecular complexity index is 1100. The van der Waals surface area contributed by atoms with E-state index in [-0.39, 0.29) is 11.9 Å². The molecule has 2 heterocycles. The van der Waals surface area contributed by atoms with E-state index in [0.717, 1.165) is 29.7 Å². The van der Waals surface area contributed by atoms with Crippen LogP contribution in [-0.4, -0.2) is 24.0 Å². The molecule has 6 nitrogen and oxygen atoms in total. The summed E-state index contributed by atoms with van der Waals surface area (Å²) in [6, 6.07) is 8.95. The Morgan fingerprint density at radius 2 is 2.03 bits per heavy atom. The van der Waals surface area contributed by atoms with Crippen molar-refractivity contribution in [1.82, 2.24) is 10.3 Å². The van der Waals surface area contributed by atoms with Crippen LogP contribution < -0.4 is 10.1 Å². The minimum atomic E-state index is -0.379. The molecule has 0 bridgehead atoms. The van der Waals surface area contributed by atoms with Crippen LogP contribution in [0.5, 0.6) is 5.75 Å². The topological polar surface area (TPSA) is 69.7 Å². The van der Waals surface area contributed by atoms with Gasteiger partial charge in [0.05, 0.1) is 18.7 Å². The van der Waals surface area contributed by atoms with Gasteiger partial charge in [-0.3, -0.25) is 9.78 Å². The Kier molecular flexibility index (Phi) is 6.70. The second-order valence-corrected chi connectivity index (χ2v) is 7.66. The van der Waals surface area contributed by atoms with Crippen LogP contribution in [0.1, 0.15) is 36.5 Å². The van der Waals surface area contributed by atoms with E-state index >= 15 is 0 Å². The van der Waals surface area contributed by atoms with E-state index in [1.165, 1.54) is 11.8 Å². The molecule has 164 valence electrons. The van der Waals surface area contributed by atoms with Crippen LogP contribution in [-0.2, 0) is 9.47 Å². The standard InChI is InChI=1S/C26H26N2O4/c1-18(25-17-31-16-22(32-25)14-19-6-4-3-5-7-19)28-26(29)23-9-8-21(15-24(23)30-2)20-10-12-27-13-11-20/h3-4,6,8-13,15-18H,5,7,14H2,1-2H3,(H,28,29). The van der Waals surface area contributed by atoms with Gasteiger partial charge in [0, 0.05) is 18.8 Å². The SMILES string of the molecule is COc1cc(-c2ccncc2)ccc1C(=O)NC(C)C1=COC=C(CC2=CC=CCC2)O1. The summed E-state index contributed by atoms with van der Waals surface area (Å²) in [4.78, 5) is 17.0. The van der Waals surface area contributed by atoms with Crippen LogP contribution in [0.4, 0.5) is 0 Å². The number of carbonyl (C=O) groups excluding carboxylic acids is 1. The molecule has 0 radical (unpaired) electrons. The molecule has 0 saturated carbocycles. The number of hydrogen-bond donors (Lipinski definition) is 1. The van der Waals surface area contributed by atoms with Gasteiger partial charge in [-0.05, 0) is 55.2 Å². The average Bonchev–Trinajstić information content (AvgIpc) is 2.85. The maximum absolute atomic E-state index is 13.0. The fraction of sp³-hybridized carbons (Fsp3) is 0.231. The first-order valence-electron chi connectivity index (χ1n) is 10.6. The van der Waals surface area contributed by atoms with Crippen LogP contribution in [0.2, 0.25) is 0 Å². The van der Waals surface area contributed by atoms with Crippen molar-refractivity contribution in [3.8, 4) is 16.9 Å². The third kappa shape index (κ3) is 5.09. The lowest BCUT2D eigenvalue weighted by molar-refractivity contribution is 0.0924. The number of aromatic nitrogens is 1. The number of ether oxygens (including phenoxy) is 3. The Morgan fingerprint density at radius 1 is 1.19 bits per heavy atom. The molecule has 0 fully saturated rings. The summed E-state index contributed by atoms with van der Waals surface area (Å²) >= 11 is 0. The van der Waals surface area contributed by atoms with Crippen molar-refractivity contribution in [3.05, 3.63) is 96.1 Å². The molecule has 1 aliphatic heterocycles. The fourth-order valence-electron chi connectivity index (χ4n) is 3.62. The summed E-state index contributed by atoms with van der Waals surface area (Å²) in [5.41, 5.74) is 3.69. The van der Waals surface area contributed by atoms with Gasteiger partial charge in [0.1, 0.15) is 24.0 Å². The van der Waals surface area contributed by atoms with Crippen molar-refractivity contribution in [1.29, 1.82) is 0 Å². The molecule has 1 unspecified atom stereocenters. The Labute approximate surface area is 187 Å². The maximum Gasteiger partial charge on any atom is 0.255 e. The molecule has 1 aromatic carbocycles. The second kappa shape index (κ2) is 10.0. The van der Waals surface area contributed by atoms with E-state index in [1.807, 2.05) is 31.2 Å². The summed E-state index contributed by atoms with van der Waals surface area (Å²) < 4.78 is 17.0. The summed E-state index contributed by atoms with van der Waals surface area (Å²) in [6.07, 6.45) is 15.7. The van der Waals surface area contributed by atoms with Crippen LogP contribution in [0.25, 0.3) is 11.1 Å². The maximum atomic E-state index is 13.0. The van der Waals surface area contributed by atoms with E-state index in [1.54, 1.807) is 31.8 Å². The first-order valence-corrected chi connectivity index (χ1v) is 10.6. The van der Waals surface area contributed by atoms with Crippen molar-refractivity contribution < 1.29 is 19.0 Å². The van der Waals surface area contributed by atoms with Crippen LogP contribution in [0.3, 0.4) is 0 Å². The summed E-state index contributed by atoms with van der Waals surface area (Å²) in [6.45, 7) is 1.86. The fourth-order valence-corrected chi connectivity index (χ4v) is 3.62. The molecule has 0 saturated heterocycles. The minimum absolute atomic E-state index is 0.253. The van der Waals surface area contributed by atoms with Gasteiger partial charge in [-0.2, -0.15) is 0 Å². The molecule has 4 rings (SSSR count). The smallest absolute Gasteiger partial charge is 0.255 e. The number of carbonyl (C=O) groups is 1. The molecule has 0 spiro atoms. The second-order valence-electron chi connectivity index (χ2n) is 7.66. The Balaban J connectivity index is 1.41. The number of allylic oxidation sites excluding steroid dienone is 4. The molecule has 32 heavy (non-hydrogen) atoms.